The van der Waals surface area contributed by atoms with E-state index in [2.05, 4.69) is 31.3 Å². The first-order valence-electron chi connectivity index (χ1n) is 22.7. The first-order chi connectivity index (χ1) is 23.8. The summed E-state index contributed by atoms with van der Waals surface area (Å²) in [6, 6.07) is 0. The van der Waals surface area contributed by atoms with E-state index >= 15 is 0 Å². The number of carbonyl (C=O) groups is 1. The number of nitrogens with one attached hydrogen (secondary N) is 1. The van der Waals surface area contributed by atoms with E-state index < -0.39 is 0 Å². The number of carbonyl (C=O) groups excluding carboxylic acids is 1. The fraction of sp³-hybridized carbons (Fsp3) is 0.935. The van der Waals surface area contributed by atoms with Crippen LogP contribution in [0.5, 0.6) is 0 Å². The predicted molar refractivity (Wildman–Crippen MR) is 218 cm³/mol. The van der Waals surface area contributed by atoms with Crippen LogP contribution in [0.4, 0.5) is 0 Å². The van der Waals surface area contributed by atoms with Crippen molar-refractivity contribution in [1.29, 1.82) is 0 Å². The van der Waals surface area contributed by atoms with Gasteiger partial charge in [0.1, 0.15) is 0 Å². The Morgan fingerprint density at radius 3 is 0.896 bits per heavy atom. The number of hydrogen-bond acceptors (Lipinski definition) is 1. The molecule has 0 saturated heterocycles. The second-order valence-corrected chi connectivity index (χ2v) is 15.5. The summed E-state index contributed by atoms with van der Waals surface area (Å²) in [7, 11) is 0. The van der Waals surface area contributed by atoms with Gasteiger partial charge in [-0.05, 0) is 38.5 Å². The third kappa shape index (κ3) is 43.2. The highest BCUT2D eigenvalue weighted by atomic mass is 16.1. The first-order valence-corrected chi connectivity index (χ1v) is 22.7. The number of amides is 1. The summed E-state index contributed by atoms with van der Waals surface area (Å²) in [5, 5.41) is 3.16. The van der Waals surface area contributed by atoms with E-state index in [0.29, 0.717) is 0 Å². The van der Waals surface area contributed by atoms with Gasteiger partial charge in [-0.15, -0.1) is 0 Å². The molecule has 2 nitrogen and oxygen atoms in total. The van der Waals surface area contributed by atoms with Crippen LogP contribution in [0.3, 0.4) is 0 Å². The highest BCUT2D eigenvalue weighted by Crippen LogP contribution is 2.16. The maximum absolute atomic E-state index is 12.1. The Kier molecular flexibility index (Phi) is 43.5. The molecule has 48 heavy (non-hydrogen) atoms. The van der Waals surface area contributed by atoms with Crippen molar-refractivity contribution in [3.05, 3.63) is 12.2 Å². The molecule has 0 aliphatic carbocycles. The van der Waals surface area contributed by atoms with Crippen molar-refractivity contribution in [2.24, 2.45) is 0 Å². The van der Waals surface area contributed by atoms with E-state index in [1.165, 1.54) is 238 Å². The lowest BCUT2D eigenvalue weighted by atomic mass is 10.0. The minimum atomic E-state index is 0.279. The standard InChI is InChI=1S/C46H91NO/c1-3-5-7-9-11-13-15-17-19-21-23-25-26-28-30-32-34-36-38-40-42-44-46(48)47-45-43-41-39-37-35-33-31-29-27-24-22-20-18-16-14-12-10-8-6-4-2/h17,19H,3-16,18,20-45H2,1-2H3,(H,47,48)/b19-17-. The topological polar surface area (TPSA) is 29.1 Å². The molecule has 0 bridgehead atoms. The Labute approximate surface area is 304 Å². The Hall–Kier alpha value is -0.790. The van der Waals surface area contributed by atoms with E-state index in [1.807, 2.05) is 0 Å². The van der Waals surface area contributed by atoms with Crippen LogP contribution < -0.4 is 5.32 Å². The van der Waals surface area contributed by atoms with Crippen molar-refractivity contribution in [2.45, 2.75) is 271 Å². The van der Waals surface area contributed by atoms with Crippen LogP contribution in [0, 0.1) is 0 Å². The van der Waals surface area contributed by atoms with Crippen LogP contribution in [0.1, 0.15) is 271 Å². The van der Waals surface area contributed by atoms with Crippen molar-refractivity contribution < 1.29 is 4.79 Å². The lowest BCUT2D eigenvalue weighted by Crippen LogP contribution is -2.23. The summed E-state index contributed by atoms with van der Waals surface area (Å²) < 4.78 is 0. The Morgan fingerprint density at radius 1 is 0.333 bits per heavy atom. The van der Waals surface area contributed by atoms with Crippen molar-refractivity contribution in [2.75, 3.05) is 6.54 Å². The summed E-state index contributed by atoms with van der Waals surface area (Å²) in [5.41, 5.74) is 0. The summed E-state index contributed by atoms with van der Waals surface area (Å²) in [6.45, 7) is 5.47. The van der Waals surface area contributed by atoms with Gasteiger partial charge in [-0.1, -0.05) is 238 Å². The average Bonchev–Trinajstić information content (AvgIpc) is 3.09. The summed E-state index contributed by atoms with van der Waals surface area (Å²) in [4.78, 5) is 12.1. The quantitative estimate of drug-likeness (QED) is 0.0507. The SMILES string of the molecule is CCCCCCCC/C=C\CCCCCCCCCCCCCC(=O)NCCCCCCCCCCCCCCCCCCCCCC. The lowest BCUT2D eigenvalue weighted by Gasteiger charge is -2.06. The summed E-state index contributed by atoms with van der Waals surface area (Å²) >= 11 is 0. The summed E-state index contributed by atoms with van der Waals surface area (Å²) in [5.74, 6) is 0.279. The van der Waals surface area contributed by atoms with E-state index in [-0.39, 0.29) is 5.91 Å². The second-order valence-electron chi connectivity index (χ2n) is 15.5. The number of allylic oxidation sites excluding steroid dienone is 2. The molecule has 0 atom stereocenters. The number of rotatable bonds is 42. The van der Waals surface area contributed by atoms with Crippen molar-refractivity contribution in [3.8, 4) is 0 Å². The fourth-order valence-corrected chi connectivity index (χ4v) is 7.11. The van der Waals surface area contributed by atoms with Gasteiger partial charge in [0.05, 0.1) is 0 Å². The average molecular weight is 674 g/mol. The zero-order valence-electron chi connectivity index (χ0n) is 33.6. The van der Waals surface area contributed by atoms with Crippen molar-refractivity contribution in [3.63, 3.8) is 0 Å². The molecule has 0 spiro atoms. The van der Waals surface area contributed by atoms with E-state index in [1.54, 1.807) is 0 Å². The predicted octanol–water partition coefficient (Wildman–Crippen LogP) is 16.3. The largest absolute Gasteiger partial charge is 0.356 e. The van der Waals surface area contributed by atoms with Crippen LogP contribution in [0.15, 0.2) is 12.2 Å². The van der Waals surface area contributed by atoms with E-state index in [0.717, 1.165) is 25.8 Å². The Bertz CT molecular complexity index is 613. The van der Waals surface area contributed by atoms with Gasteiger partial charge in [-0.2, -0.15) is 0 Å². The number of unbranched alkanes of at least 4 members (excludes halogenated alkanes) is 36. The van der Waals surface area contributed by atoms with Gasteiger partial charge in [0.15, 0.2) is 0 Å². The fourth-order valence-electron chi connectivity index (χ4n) is 7.11. The second kappa shape index (κ2) is 44.2. The van der Waals surface area contributed by atoms with Crippen LogP contribution in [-0.4, -0.2) is 12.5 Å². The van der Waals surface area contributed by atoms with Gasteiger partial charge in [-0.25, -0.2) is 0 Å². The molecule has 1 N–H and O–H groups in total. The molecule has 0 aromatic carbocycles. The van der Waals surface area contributed by atoms with Gasteiger partial charge in [-0.3, -0.25) is 4.79 Å². The zero-order valence-corrected chi connectivity index (χ0v) is 33.6. The maximum Gasteiger partial charge on any atom is 0.219 e. The van der Waals surface area contributed by atoms with Gasteiger partial charge in [0.2, 0.25) is 5.91 Å². The van der Waals surface area contributed by atoms with Crippen LogP contribution in [-0.2, 0) is 4.79 Å². The lowest BCUT2D eigenvalue weighted by molar-refractivity contribution is -0.121. The van der Waals surface area contributed by atoms with Gasteiger partial charge in [0, 0.05) is 13.0 Å². The molecule has 0 radical (unpaired) electrons. The molecule has 0 aromatic rings. The summed E-state index contributed by atoms with van der Waals surface area (Å²) in [6.07, 6.45) is 59.6. The molecular weight excluding hydrogens is 583 g/mol. The van der Waals surface area contributed by atoms with Crippen molar-refractivity contribution >= 4 is 5.91 Å². The molecule has 1 amide bonds. The van der Waals surface area contributed by atoms with Crippen LogP contribution >= 0.6 is 0 Å². The highest BCUT2D eigenvalue weighted by molar-refractivity contribution is 5.75. The molecule has 0 rings (SSSR count). The van der Waals surface area contributed by atoms with Gasteiger partial charge in [0.25, 0.3) is 0 Å². The van der Waals surface area contributed by atoms with Crippen LogP contribution in [0.2, 0.25) is 0 Å². The molecular formula is C46H91NO. The Balaban J connectivity index is 3.17. The monoisotopic (exact) mass is 674 g/mol. The smallest absolute Gasteiger partial charge is 0.219 e. The molecule has 0 aliphatic heterocycles. The van der Waals surface area contributed by atoms with Crippen molar-refractivity contribution in [1.82, 2.24) is 5.32 Å². The van der Waals surface area contributed by atoms with Crippen LogP contribution in [0.25, 0.3) is 0 Å². The number of hydrogen-bond donors (Lipinski definition) is 1. The van der Waals surface area contributed by atoms with E-state index in [9.17, 15) is 4.79 Å². The third-order valence-corrected chi connectivity index (χ3v) is 10.5. The first kappa shape index (κ1) is 47.2. The minimum Gasteiger partial charge on any atom is -0.356 e. The van der Waals surface area contributed by atoms with E-state index in [4.69, 9.17) is 0 Å². The molecule has 0 fully saturated rings. The molecule has 0 aliphatic rings. The molecule has 0 aromatic heterocycles. The zero-order chi connectivity index (χ0) is 34.7. The molecule has 286 valence electrons. The molecule has 0 unspecified atom stereocenters. The molecule has 0 heterocycles. The normalized spacial score (nSPS) is 11.6. The Morgan fingerprint density at radius 2 is 0.583 bits per heavy atom. The maximum atomic E-state index is 12.1. The molecule has 0 saturated carbocycles. The third-order valence-electron chi connectivity index (χ3n) is 10.5. The minimum absolute atomic E-state index is 0.279. The van der Waals surface area contributed by atoms with Gasteiger partial charge < -0.3 is 5.32 Å². The molecule has 2 heteroatoms. The van der Waals surface area contributed by atoms with Gasteiger partial charge >= 0.3 is 0 Å². The highest BCUT2D eigenvalue weighted by Gasteiger charge is 2.01.